The molecule has 2 aliphatic heterocycles. The predicted octanol–water partition coefficient (Wildman–Crippen LogP) is -1.10. The van der Waals surface area contributed by atoms with Crippen molar-refractivity contribution in [3.05, 3.63) is 35.9 Å². The third kappa shape index (κ3) is 8.50. The van der Waals surface area contributed by atoms with E-state index >= 15 is 0 Å². The third-order valence-electron chi connectivity index (χ3n) is 6.32. The van der Waals surface area contributed by atoms with Crippen LogP contribution in [0.3, 0.4) is 0 Å². The summed E-state index contributed by atoms with van der Waals surface area (Å²) in [4.78, 5) is 41.6. The number of hydrogen-bond donors (Lipinski definition) is 5. The monoisotopic (exact) mass is 490 g/mol. The van der Waals surface area contributed by atoms with E-state index in [-0.39, 0.29) is 18.9 Å². The molecular formula is C23H35BN4O7. The van der Waals surface area contributed by atoms with Gasteiger partial charge >= 0.3 is 13.1 Å². The lowest BCUT2D eigenvalue weighted by Crippen LogP contribution is -2.57. The highest BCUT2D eigenvalue weighted by molar-refractivity contribution is 6.43. The minimum absolute atomic E-state index is 0.148. The van der Waals surface area contributed by atoms with Crippen molar-refractivity contribution in [3.8, 4) is 0 Å². The summed E-state index contributed by atoms with van der Waals surface area (Å²) >= 11 is 0. The van der Waals surface area contributed by atoms with Crippen molar-refractivity contribution >= 4 is 25.0 Å². The first-order valence-corrected chi connectivity index (χ1v) is 12.1. The van der Waals surface area contributed by atoms with E-state index in [4.69, 9.17) is 4.74 Å². The van der Waals surface area contributed by atoms with Crippen molar-refractivity contribution in [3.63, 3.8) is 0 Å². The number of carbonyl (C=O) groups excluding carboxylic acids is 3. The van der Waals surface area contributed by atoms with E-state index in [1.807, 2.05) is 30.3 Å². The van der Waals surface area contributed by atoms with E-state index in [2.05, 4.69) is 10.6 Å². The molecule has 0 bridgehead atoms. The van der Waals surface area contributed by atoms with Crippen molar-refractivity contribution in [2.45, 2.75) is 50.2 Å². The standard InChI is InChI=1S/C23H35BN4O7/c29-18-9-10-28(16-18)23(32)25-19(15-21(30)27-11-13-35-14-12-27)22(31)26-20(24(33)34)8-4-7-17-5-2-1-3-6-17/h1-3,5-6,18-20,29,33-34H,4,7-16H2,(H,25,32)(H,26,31)/t18?,19?,20-/m0/s1. The number of nitrogens with zero attached hydrogens (tertiary/aromatic N) is 2. The van der Waals surface area contributed by atoms with Crippen LogP contribution in [0.2, 0.25) is 0 Å². The molecule has 0 radical (unpaired) electrons. The zero-order chi connectivity index (χ0) is 25.2. The molecule has 192 valence electrons. The Bertz CT molecular complexity index is 820. The van der Waals surface area contributed by atoms with Crippen LogP contribution in [0.15, 0.2) is 30.3 Å². The first-order chi connectivity index (χ1) is 16.8. The van der Waals surface area contributed by atoms with Crippen LogP contribution in [-0.2, 0) is 20.7 Å². The number of carbonyl (C=O) groups is 3. The number of amides is 4. The van der Waals surface area contributed by atoms with E-state index in [1.165, 1.54) is 4.90 Å². The summed E-state index contributed by atoms with van der Waals surface area (Å²) in [5, 5.41) is 34.6. The van der Waals surface area contributed by atoms with Gasteiger partial charge in [-0.25, -0.2) is 4.79 Å². The Morgan fingerprint density at radius 1 is 1.06 bits per heavy atom. The van der Waals surface area contributed by atoms with Gasteiger partial charge in [-0.2, -0.15) is 0 Å². The second-order valence-electron chi connectivity index (χ2n) is 8.99. The van der Waals surface area contributed by atoms with Gasteiger partial charge in [0.05, 0.1) is 31.7 Å². The van der Waals surface area contributed by atoms with Crippen molar-refractivity contribution < 1.29 is 34.3 Å². The van der Waals surface area contributed by atoms with Gasteiger partial charge in [-0.1, -0.05) is 30.3 Å². The summed E-state index contributed by atoms with van der Waals surface area (Å²) < 4.78 is 5.26. The number of aryl methyl sites for hydroxylation is 1. The normalized spacial score (nSPS) is 19.7. The molecule has 1 aromatic carbocycles. The first-order valence-electron chi connectivity index (χ1n) is 12.1. The molecule has 3 atom stereocenters. The summed E-state index contributed by atoms with van der Waals surface area (Å²) in [6, 6.07) is 7.95. The van der Waals surface area contributed by atoms with Crippen molar-refractivity contribution in [2.75, 3.05) is 39.4 Å². The minimum Gasteiger partial charge on any atom is -0.426 e. The SMILES string of the molecule is O=C(N[C@@H](CCCc1ccccc1)B(O)O)C(CC(=O)N1CCOCC1)NC(=O)N1CCC(O)C1. The van der Waals surface area contributed by atoms with Gasteiger partial charge in [-0.15, -0.1) is 0 Å². The Balaban J connectivity index is 1.61. The highest BCUT2D eigenvalue weighted by Crippen LogP contribution is 2.12. The number of nitrogens with one attached hydrogen (secondary N) is 2. The van der Waals surface area contributed by atoms with E-state index < -0.39 is 37.1 Å². The van der Waals surface area contributed by atoms with Crippen LogP contribution in [0, 0.1) is 0 Å². The quantitative estimate of drug-likeness (QED) is 0.261. The molecule has 1 aromatic rings. The Hall–Kier alpha value is -2.67. The Kier molecular flexibility index (Phi) is 10.3. The zero-order valence-electron chi connectivity index (χ0n) is 19.8. The maximum absolute atomic E-state index is 13.1. The maximum atomic E-state index is 13.1. The number of likely N-dealkylation sites (tertiary alicyclic amines) is 1. The van der Waals surface area contributed by atoms with Crippen LogP contribution < -0.4 is 10.6 Å². The van der Waals surface area contributed by atoms with Crippen LogP contribution >= 0.6 is 0 Å². The molecule has 0 aromatic heterocycles. The number of hydrogen-bond acceptors (Lipinski definition) is 7. The third-order valence-corrected chi connectivity index (χ3v) is 6.32. The summed E-state index contributed by atoms with van der Waals surface area (Å²) in [6.45, 7) is 2.10. The molecule has 0 aliphatic carbocycles. The van der Waals surface area contributed by atoms with Gasteiger partial charge < -0.3 is 40.3 Å². The number of β-amino-alcohol motifs (C(OH)–C–C–N with tert-alkyl or cyclic N) is 1. The number of ether oxygens (including phenoxy) is 1. The Morgan fingerprint density at radius 2 is 1.77 bits per heavy atom. The van der Waals surface area contributed by atoms with Crippen molar-refractivity contribution in [2.24, 2.45) is 0 Å². The van der Waals surface area contributed by atoms with Crippen LogP contribution in [0.1, 0.15) is 31.2 Å². The van der Waals surface area contributed by atoms with E-state index in [1.54, 1.807) is 4.90 Å². The van der Waals surface area contributed by atoms with Crippen LogP contribution in [0.5, 0.6) is 0 Å². The fourth-order valence-corrected chi connectivity index (χ4v) is 4.24. The first kappa shape index (κ1) is 26.9. The van der Waals surface area contributed by atoms with Crippen molar-refractivity contribution in [1.82, 2.24) is 20.4 Å². The lowest BCUT2D eigenvalue weighted by molar-refractivity contribution is -0.138. The molecule has 2 unspecified atom stereocenters. The minimum atomic E-state index is -1.80. The van der Waals surface area contributed by atoms with Crippen molar-refractivity contribution in [1.29, 1.82) is 0 Å². The topological polar surface area (TPSA) is 152 Å². The zero-order valence-corrected chi connectivity index (χ0v) is 19.8. The number of urea groups is 1. The average molecular weight is 490 g/mol. The highest BCUT2D eigenvalue weighted by Gasteiger charge is 2.33. The van der Waals surface area contributed by atoms with Gasteiger partial charge in [0.1, 0.15) is 6.04 Å². The van der Waals surface area contributed by atoms with Gasteiger partial charge in [0.15, 0.2) is 0 Å². The fraction of sp³-hybridized carbons (Fsp3) is 0.609. The molecule has 2 aliphatic rings. The molecule has 2 saturated heterocycles. The van der Waals surface area contributed by atoms with Gasteiger partial charge in [0.25, 0.3) is 0 Å². The highest BCUT2D eigenvalue weighted by atomic mass is 16.5. The maximum Gasteiger partial charge on any atom is 0.475 e. The summed E-state index contributed by atoms with van der Waals surface area (Å²) in [5.74, 6) is -1.93. The molecule has 3 rings (SSSR count). The van der Waals surface area contributed by atoms with Crippen LogP contribution in [0.4, 0.5) is 4.79 Å². The smallest absolute Gasteiger partial charge is 0.426 e. The largest absolute Gasteiger partial charge is 0.475 e. The molecule has 35 heavy (non-hydrogen) atoms. The molecule has 11 nitrogen and oxygen atoms in total. The number of aliphatic hydroxyl groups is 1. The van der Waals surface area contributed by atoms with Crippen LogP contribution in [-0.4, -0.2) is 107 Å². The second kappa shape index (κ2) is 13.4. The molecule has 12 heteroatoms. The molecular weight excluding hydrogens is 455 g/mol. The summed E-state index contributed by atoms with van der Waals surface area (Å²) in [6.07, 6.45) is 1.15. The Morgan fingerprint density at radius 3 is 2.40 bits per heavy atom. The molecule has 0 spiro atoms. The molecule has 4 amide bonds. The van der Waals surface area contributed by atoms with E-state index in [0.29, 0.717) is 58.5 Å². The van der Waals surface area contributed by atoms with E-state index in [0.717, 1.165) is 5.56 Å². The lowest BCUT2D eigenvalue weighted by Gasteiger charge is -2.29. The number of aliphatic hydroxyl groups excluding tert-OH is 1. The lowest BCUT2D eigenvalue weighted by atomic mass is 9.76. The van der Waals surface area contributed by atoms with Gasteiger partial charge in [-0.3, -0.25) is 9.59 Å². The molecule has 0 saturated carbocycles. The Labute approximate surface area is 205 Å². The van der Waals surface area contributed by atoms with Gasteiger partial charge in [0, 0.05) is 26.2 Å². The molecule has 2 heterocycles. The van der Waals surface area contributed by atoms with Gasteiger partial charge in [0.2, 0.25) is 11.8 Å². The average Bonchev–Trinajstić information content (AvgIpc) is 3.30. The van der Waals surface area contributed by atoms with Crippen LogP contribution in [0.25, 0.3) is 0 Å². The molecule has 2 fully saturated rings. The summed E-state index contributed by atoms with van der Waals surface area (Å²) in [5.41, 5.74) is 1.10. The fourth-order valence-electron chi connectivity index (χ4n) is 4.24. The number of benzene rings is 1. The second-order valence-corrected chi connectivity index (χ2v) is 8.99. The predicted molar refractivity (Wildman–Crippen MR) is 128 cm³/mol. The van der Waals surface area contributed by atoms with Gasteiger partial charge in [-0.05, 0) is 31.2 Å². The molecule has 5 N–H and O–H groups in total. The summed E-state index contributed by atoms with van der Waals surface area (Å²) in [7, 11) is -1.80. The number of rotatable bonds is 10. The van der Waals surface area contributed by atoms with E-state index in [9.17, 15) is 29.5 Å². The number of morpholine rings is 1.